The van der Waals surface area contributed by atoms with Crippen LogP contribution in [0, 0.1) is 0 Å². The summed E-state index contributed by atoms with van der Waals surface area (Å²) in [5, 5.41) is 11.5. The number of carbonyl (C=O) groups is 2. The second kappa shape index (κ2) is 12.8. The molecular weight excluding hydrogens is 522 g/mol. The number of benzene rings is 3. The third-order valence-electron chi connectivity index (χ3n) is 7.18. The van der Waals surface area contributed by atoms with Crippen molar-refractivity contribution in [2.24, 2.45) is 0 Å². The lowest BCUT2D eigenvalue weighted by atomic mass is 9.94. The minimum absolute atomic E-state index is 0.0156. The number of hydrogen-bond acceptors (Lipinski definition) is 7. The van der Waals surface area contributed by atoms with Crippen molar-refractivity contribution < 1.29 is 33.6 Å². The van der Waals surface area contributed by atoms with E-state index in [0.717, 1.165) is 18.4 Å². The number of Topliss-reactive ketones (excluding diaryl/α,β-unsaturated/α-hetero) is 1. The molecule has 0 aliphatic carbocycles. The van der Waals surface area contributed by atoms with E-state index in [1.807, 2.05) is 43.3 Å². The Hall–Kier alpha value is -4.46. The molecule has 214 valence electrons. The lowest BCUT2D eigenvalue weighted by molar-refractivity contribution is -0.139. The first-order valence-corrected chi connectivity index (χ1v) is 14.1. The number of unbranched alkanes of at least 4 members (excludes halogenated alkanes) is 1. The van der Waals surface area contributed by atoms with Crippen LogP contribution in [0.5, 0.6) is 23.0 Å². The first-order chi connectivity index (χ1) is 20.0. The highest BCUT2D eigenvalue weighted by molar-refractivity contribution is 6.46. The van der Waals surface area contributed by atoms with E-state index in [9.17, 15) is 14.7 Å². The molecule has 2 heterocycles. The summed E-state index contributed by atoms with van der Waals surface area (Å²) in [5.41, 5.74) is 2.06. The molecule has 0 radical (unpaired) electrons. The molecule has 8 nitrogen and oxygen atoms in total. The van der Waals surface area contributed by atoms with Gasteiger partial charge in [0.25, 0.3) is 11.7 Å². The summed E-state index contributed by atoms with van der Waals surface area (Å²) >= 11 is 0. The van der Waals surface area contributed by atoms with E-state index in [4.69, 9.17) is 18.9 Å². The summed E-state index contributed by atoms with van der Waals surface area (Å²) in [7, 11) is 0. The average molecular weight is 558 g/mol. The summed E-state index contributed by atoms with van der Waals surface area (Å²) in [6.07, 6.45) is 2.45. The van der Waals surface area contributed by atoms with Gasteiger partial charge in [-0.05, 0) is 61.2 Å². The molecule has 3 aromatic rings. The number of likely N-dealkylation sites (tertiary alicyclic amines) is 1. The van der Waals surface area contributed by atoms with Gasteiger partial charge in [-0.1, -0.05) is 49.7 Å². The Morgan fingerprint density at radius 1 is 0.927 bits per heavy atom. The van der Waals surface area contributed by atoms with Crippen molar-refractivity contribution in [1.82, 2.24) is 4.90 Å². The van der Waals surface area contributed by atoms with Crippen LogP contribution in [0.2, 0.25) is 0 Å². The quantitative estimate of drug-likeness (QED) is 0.140. The maximum Gasteiger partial charge on any atom is 0.295 e. The molecule has 0 saturated carbocycles. The van der Waals surface area contributed by atoms with Gasteiger partial charge < -0.3 is 29.0 Å². The fourth-order valence-corrected chi connectivity index (χ4v) is 5.11. The topological polar surface area (TPSA) is 94.5 Å². The molecule has 2 aliphatic rings. The third-order valence-corrected chi connectivity index (χ3v) is 7.18. The number of aliphatic hydroxyl groups is 1. The zero-order valence-corrected chi connectivity index (χ0v) is 23.4. The maximum atomic E-state index is 13.5. The van der Waals surface area contributed by atoms with Crippen molar-refractivity contribution in [2.75, 3.05) is 33.0 Å². The molecule has 0 aromatic heterocycles. The van der Waals surface area contributed by atoms with E-state index in [1.54, 1.807) is 30.3 Å². The monoisotopic (exact) mass is 557 g/mol. The number of ether oxygens (including phenoxy) is 4. The van der Waals surface area contributed by atoms with Crippen LogP contribution >= 0.6 is 0 Å². The van der Waals surface area contributed by atoms with Crippen molar-refractivity contribution in [1.29, 1.82) is 0 Å². The number of hydrogen-bond donors (Lipinski definition) is 1. The molecule has 41 heavy (non-hydrogen) atoms. The standard InChI is InChI=1S/C33H35NO7/c1-3-5-17-39-25-13-11-23(20-27(25)38-4-2)30-29(31(35)24-12-14-26-28(21-24)41-19-18-40-26)32(36)33(37)34(30)16-15-22-9-7-6-8-10-22/h6-14,20-21,30,35H,3-5,15-19H2,1-2H3/b31-29+/t30-/m0/s1. The van der Waals surface area contributed by atoms with Crippen LogP contribution in [-0.2, 0) is 16.0 Å². The fourth-order valence-electron chi connectivity index (χ4n) is 5.11. The number of rotatable bonds is 11. The Labute approximate surface area is 240 Å². The summed E-state index contributed by atoms with van der Waals surface area (Å²) in [6.45, 7) is 6.05. The fraction of sp³-hybridized carbons (Fsp3) is 0.333. The second-order valence-electron chi connectivity index (χ2n) is 9.93. The number of nitrogens with zero attached hydrogens (tertiary/aromatic N) is 1. The zero-order valence-electron chi connectivity index (χ0n) is 23.4. The van der Waals surface area contributed by atoms with Gasteiger partial charge in [0.2, 0.25) is 0 Å². The van der Waals surface area contributed by atoms with E-state index in [-0.39, 0.29) is 17.9 Å². The molecule has 0 bridgehead atoms. The van der Waals surface area contributed by atoms with Gasteiger partial charge in [-0.3, -0.25) is 9.59 Å². The smallest absolute Gasteiger partial charge is 0.295 e. The molecule has 1 N–H and O–H groups in total. The first-order valence-electron chi connectivity index (χ1n) is 14.1. The van der Waals surface area contributed by atoms with Gasteiger partial charge in [0.15, 0.2) is 23.0 Å². The van der Waals surface area contributed by atoms with Crippen molar-refractivity contribution in [3.63, 3.8) is 0 Å². The van der Waals surface area contributed by atoms with E-state index < -0.39 is 17.7 Å². The van der Waals surface area contributed by atoms with E-state index >= 15 is 0 Å². The number of ketones is 1. The molecule has 0 unspecified atom stereocenters. The van der Waals surface area contributed by atoms with E-state index in [2.05, 4.69) is 6.92 Å². The molecule has 1 saturated heterocycles. The van der Waals surface area contributed by atoms with Gasteiger partial charge in [-0.15, -0.1) is 0 Å². The summed E-state index contributed by atoms with van der Waals surface area (Å²) in [5.74, 6) is 0.484. The molecule has 5 rings (SSSR count). The number of fused-ring (bicyclic) bond motifs is 1. The number of aliphatic hydroxyl groups excluding tert-OH is 1. The van der Waals surface area contributed by atoms with Crippen molar-refractivity contribution >= 4 is 17.4 Å². The van der Waals surface area contributed by atoms with Gasteiger partial charge in [0, 0.05) is 12.1 Å². The van der Waals surface area contributed by atoms with Crippen molar-refractivity contribution in [3.05, 3.63) is 89.0 Å². The van der Waals surface area contributed by atoms with Crippen LogP contribution in [0.1, 0.15) is 49.4 Å². The van der Waals surface area contributed by atoms with E-state index in [1.165, 1.54) is 4.90 Å². The largest absolute Gasteiger partial charge is 0.507 e. The van der Waals surface area contributed by atoms with Crippen LogP contribution in [0.3, 0.4) is 0 Å². The second-order valence-corrected chi connectivity index (χ2v) is 9.93. The van der Waals surface area contributed by atoms with E-state index in [0.29, 0.717) is 67.0 Å². The summed E-state index contributed by atoms with van der Waals surface area (Å²) in [6, 6.07) is 19.4. The van der Waals surface area contributed by atoms with Crippen molar-refractivity contribution in [3.8, 4) is 23.0 Å². The highest BCUT2D eigenvalue weighted by Gasteiger charge is 2.46. The van der Waals surface area contributed by atoms with Crippen molar-refractivity contribution in [2.45, 2.75) is 39.2 Å². The molecule has 0 spiro atoms. The Morgan fingerprint density at radius 2 is 1.71 bits per heavy atom. The van der Waals surface area contributed by atoms with Crippen LogP contribution < -0.4 is 18.9 Å². The van der Waals surface area contributed by atoms with Crippen LogP contribution in [0.25, 0.3) is 5.76 Å². The minimum atomic E-state index is -0.823. The SMILES string of the molecule is CCCCOc1ccc([C@H]2/C(=C(\O)c3ccc4c(c3)OCCO4)C(=O)C(=O)N2CCc2ccccc2)cc1OCC. The highest BCUT2D eigenvalue weighted by Crippen LogP contribution is 2.43. The molecule has 1 atom stereocenters. The predicted octanol–water partition coefficient (Wildman–Crippen LogP) is 5.70. The van der Waals surface area contributed by atoms with Crippen LogP contribution in [0.4, 0.5) is 0 Å². The van der Waals surface area contributed by atoms with Gasteiger partial charge in [-0.25, -0.2) is 0 Å². The minimum Gasteiger partial charge on any atom is -0.507 e. The number of amides is 1. The third kappa shape index (κ3) is 6.01. The highest BCUT2D eigenvalue weighted by atomic mass is 16.6. The predicted molar refractivity (Wildman–Crippen MR) is 155 cm³/mol. The molecule has 3 aromatic carbocycles. The molecule has 1 amide bonds. The number of carbonyl (C=O) groups excluding carboxylic acids is 2. The van der Waals surface area contributed by atoms with Gasteiger partial charge >= 0.3 is 0 Å². The average Bonchev–Trinajstić information content (AvgIpc) is 3.26. The van der Waals surface area contributed by atoms with Gasteiger partial charge in [0.05, 0.1) is 24.8 Å². The Kier molecular flexibility index (Phi) is 8.77. The normalized spacial score (nSPS) is 17.5. The molecular formula is C33H35NO7. The lowest BCUT2D eigenvalue weighted by Gasteiger charge is -2.26. The summed E-state index contributed by atoms with van der Waals surface area (Å²) in [4.78, 5) is 28.5. The maximum absolute atomic E-state index is 13.5. The van der Waals surface area contributed by atoms with Crippen LogP contribution in [0.15, 0.2) is 72.3 Å². The zero-order chi connectivity index (χ0) is 28.8. The Bertz CT molecular complexity index is 1430. The summed E-state index contributed by atoms with van der Waals surface area (Å²) < 4.78 is 23.2. The lowest BCUT2D eigenvalue weighted by Crippen LogP contribution is -2.31. The molecule has 1 fully saturated rings. The molecule has 2 aliphatic heterocycles. The van der Waals surface area contributed by atoms with Gasteiger partial charge in [0.1, 0.15) is 19.0 Å². The van der Waals surface area contributed by atoms with Crippen LogP contribution in [-0.4, -0.2) is 54.7 Å². The molecule has 8 heteroatoms. The first kappa shape index (κ1) is 28.1. The Morgan fingerprint density at radius 3 is 2.46 bits per heavy atom. The van der Waals surface area contributed by atoms with Gasteiger partial charge in [-0.2, -0.15) is 0 Å². The Balaban J connectivity index is 1.58.